The molecule has 2 aliphatic heterocycles. The second-order valence-electron chi connectivity index (χ2n) is 17.0. The Morgan fingerprint density at radius 2 is 1.35 bits per heavy atom. The number of carbonyl (C=O) groups excluding carboxylic acids is 4. The van der Waals surface area contributed by atoms with Crippen LogP contribution < -0.4 is 0 Å². The summed E-state index contributed by atoms with van der Waals surface area (Å²) < 4.78 is 30.8. The average Bonchev–Trinajstić information content (AvgIpc) is 3.64. The van der Waals surface area contributed by atoms with Crippen LogP contribution in [0.2, 0.25) is 0 Å². The van der Waals surface area contributed by atoms with Crippen molar-refractivity contribution in [3.05, 3.63) is 0 Å². The molecule has 2 heterocycles. The van der Waals surface area contributed by atoms with Gasteiger partial charge in [0.25, 0.3) is 0 Å². The van der Waals surface area contributed by atoms with Crippen LogP contribution in [0.4, 0.5) is 0 Å². The van der Waals surface area contributed by atoms with Gasteiger partial charge in [-0.05, 0) is 49.9 Å². The van der Waals surface area contributed by atoms with Gasteiger partial charge in [0.2, 0.25) is 5.79 Å². The molecule has 7 aliphatic rings. The third-order valence-electron chi connectivity index (χ3n) is 15.1. The molecule has 14 heteroatoms. The fourth-order valence-corrected chi connectivity index (χ4v) is 13.5. The molecule has 2 saturated heterocycles. The molecule has 0 aromatic rings. The Labute approximate surface area is 290 Å². The molecular weight excluding hydrogens is 664 g/mol. The smallest absolute Gasteiger partial charge is 0.341 e. The van der Waals surface area contributed by atoms with Gasteiger partial charge in [-0.3, -0.25) is 14.4 Å². The summed E-state index contributed by atoms with van der Waals surface area (Å²) in [4.78, 5) is 52.7. The summed E-state index contributed by atoms with van der Waals surface area (Å²) in [5, 5.41) is 47.0. The molecule has 1 spiro atoms. The Hall–Kier alpha value is -2.03. The molecule has 7 fully saturated rings. The van der Waals surface area contributed by atoms with Gasteiger partial charge in [-0.1, -0.05) is 27.7 Å². The average molecular weight is 713 g/mol. The van der Waals surface area contributed by atoms with E-state index in [0.29, 0.717) is 0 Å². The van der Waals surface area contributed by atoms with Crippen LogP contribution in [0.5, 0.6) is 0 Å². The zero-order chi connectivity index (χ0) is 36.3. The molecule has 5 aliphatic carbocycles. The Bertz CT molecular complexity index is 1490. The second kappa shape index (κ2) is 10.5. The number of fused-ring (bicyclic) bond motifs is 8. The van der Waals surface area contributed by atoms with Gasteiger partial charge in [0, 0.05) is 49.4 Å². The largest absolute Gasteiger partial charge is 0.462 e. The summed E-state index contributed by atoms with van der Waals surface area (Å²) >= 11 is 6.58. The number of rotatable bonds is 3. The van der Waals surface area contributed by atoms with Crippen LogP contribution in [-0.4, -0.2) is 104 Å². The van der Waals surface area contributed by atoms with Crippen LogP contribution >= 0.6 is 11.6 Å². The molecule has 0 bridgehead atoms. The van der Waals surface area contributed by atoms with E-state index in [4.69, 9.17) is 35.3 Å². The van der Waals surface area contributed by atoms with E-state index in [1.165, 1.54) is 27.7 Å². The summed E-state index contributed by atoms with van der Waals surface area (Å²) in [7, 11) is 0. The van der Waals surface area contributed by atoms with Gasteiger partial charge in [-0.25, -0.2) is 4.79 Å². The zero-order valence-electron chi connectivity index (χ0n) is 29.3. The van der Waals surface area contributed by atoms with Crippen molar-refractivity contribution in [2.24, 2.45) is 63.6 Å². The standard InChI is InChI=1S/C35H49ClO13/c1-11-16-10-17(36)24(41)27(42)31(16,6)21-18(23(11)40)20-25(45-13(3)37)22-19(32(20,7)29(47-15(5)39)26(21)46-14(4)38)12(2)28-35(48-28)33(22,8)34(9,44)30(43)49-35/h11-12,16-29,40-42,44H,10H2,1-9H3/t11-,12-,16+,17+,18?,19-,20+,21?,22-,23-,24-,25+,26-,27-,28+,29-,31-,32+,33-,34+,35-/m0/s1. The molecule has 0 radical (unpaired) electrons. The fraction of sp³-hybridized carbons (Fsp3) is 0.886. The summed E-state index contributed by atoms with van der Waals surface area (Å²) in [5.41, 5.74) is -6.08. The molecule has 49 heavy (non-hydrogen) atoms. The van der Waals surface area contributed by atoms with Crippen molar-refractivity contribution in [1.29, 1.82) is 0 Å². The van der Waals surface area contributed by atoms with E-state index in [0.717, 1.165) is 0 Å². The van der Waals surface area contributed by atoms with Gasteiger partial charge in [0.05, 0.1) is 29.1 Å². The van der Waals surface area contributed by atoms with E-state index >= 15 is 0 Å². The minimum Gasteiger partial charge on any atom is -0.462 e. The number of carbonyl (C=O) groups is 4. The zero-order valence-corrected chi connectivity index (χ0v) is 30.0. The van der Waals surface area contributed by atoms with Crippen LogP contribution in [0.1, 0.15) is 68.7 Å². The molecule has 5 saturated carbocycles. The van der Waals surface area contributed by atoms with Crippen LogP contribution in [-0.2, 0) is 42.9 Å². The Morgan fingerprint density at radius 3 is 1.92 bits per heavy atom. The number of aliphatic hydroxyl groups is 4. The van der Waals surface area contributed by atoms with E-state index in [-0.39, 0.29) is 6.42 Å². The normalized spacial score (nSPS) is 59.5. The van der Waals surface area contributed by atoms with E-state index in [1.807, 2.05) is 20.8 Å². The number of halogens is 1. The molecule has 2 unspecified atom stereocenters. The van der Waals surface area contributed by atoms with Crippen molar-refractivity contribution in [2.75, 3.05) is 0 Å². The van der Waals surface area contributed by atoms with E-state index in [2.05, 4.69) is 0 Å². The first-order chi connectivity index (χ1) is 22.6. The van der Waals surface area contributed by atoms with Crippen LogP contribution in [0, 0.1) is 63.6 Å². The molecule has 274 valence electrons. The van der Waals surface area contributed by atoms with E-state index in [9.17, 15) is 39.6 Å². The van der Waals surface area contributed by atoms with Crippen LogP contribution in [0.25, 0.3) is 0 Å². The fourth-order valence-electron chi connectivity index (χ4n) is 13.2. The maximum Gasteiger partial charge on any atom is 0.341 e. The Balaban J connectivity index is 1.54. The summed E-state index contributed by atoms with van der Waals surface area (Å²) in [6.45, 7) is 14.2. The lowest BCUT2D eigenvalue weighted by Crippen LogP contribution is -2.75. The Morgan fingerprint density at radius 1 is 0.796 bits per heavy atom. The molecule has 7 rings (SSSR count). The predicted molar refractivity (Wildman–Crippen MR) is 167 cm³/mol. The summed E-state index contributed by atoms with van der Waals surface area (Å²) in [6, 6.07) is 0. The highest BCUT2D eigenvalue weighted by Gasteiger charge is 2.93. The molecule has 0 aromatic carbocycles. The van der Waals surface area contributed by atoms with E-state index < -0.39 is 147 Å². The lowest BCUT2D eigenvalue weighted by Gasteiger charge is -2.68. The SMILES string of the molecule is CC(=O)O[C@H]1[C@@H]2[C@H]([C@H](C)[C@H]3O[C@]34OC(=O)[C@@](C)(O)[C@]24C)[C@]2(C)[C@@H]1C1C([C@H](OC(C)=O)[C@@H]2OC(C)=O)[C@]2(C)[C@H](C[C@@H](Cl)[C@H](O)[C@@H]2O)[C@H](C)[C@@H]1O. The second-order valence-corrected chi connectivity index (χ2v) is 17.5. The van der Waals surface area contributed by atoms with E-state index in [1.54, 1.807) is 13.8 Å². The molecule has 21 atom stereocenters. The topological polar surface area (TPSA) is 199 Å². The van der Waals surface area contributed by atoms with Crippen molar-refractivity contribution < 1.29 is 63.3 Å². The van der Waals surface area contributed by atoms with Crippen LogP contribution in [0.15, 0.2) is 0 Å². The summed E-state index contributed by atoms with van der Waals surface area (Å²) in [5.74, 6) is -9.91. The number of hydrogen-bond donors (Lipinski definition) is 4. The van der Waals surface area contributed by atoms with Gasteiger partial charge in [-0.15, -0.1) is 11.6 Å². The minimum atomic E-state index is -2.10. The maximum atomic E-state index is 13.4. The lowest BCUT2D eigenvalue weighted by molar-refractivity contribution is -0.300. The number of ether oxygens (including phenoxy) is 5. The number of aliphatic hydroxyl groups excluding tert-OH is 3. The lowest BCUT2D eigenvalue weighted by atomic mass is 9.39. The highest BCUT2D eigenvalue weighted by Crippen LogP contribution is 2.81. The molecular formula is C35H49ClO13. The molecule has 0 amide bonds. The van der Waals surface area contributed by atoms with Gasteiger partial charge in [0.15, 0.2) is 5.60 Å². The monoisotopic (exact) mass is 712 g/mol. The Kier molecular flexibility index (Phi) is 7.60. The number of alkyl halides is 1. The first-order valence-electron chi connectivity index (χ1n) is 17.4. The molecule has 0 aromatic heterocycles. The van der Waals surface area contributed by atoms with Gasteiger partial charge in [0.1, 0.15) is 24.4 Å². The third-order valence-corrected chi connectivity index (χ3v) is 15.6. The van der Waals surface area contributed by atoms with Crippen molar-refractivity contribution in [3.8, 4) is 0 Å². The van der Waals surface area contributed by atoms with Gasteiger partial charge >= 0.3 is 23.9 Å². The highest BCUT2D eigenvalue weighted by molar-refractivity contribution is 6.21. The van der Waals surface area contributed by atoms with Crippen LogP contribution in [0.3, 0.4) is 0 Å². The van der Waals surface area contributed by atoms with Gasteiger partial charge in [-0.2, -0.15) is 0 Å². The molecule has 4 N–H and O–H groups in total. The quantitative estimate of drug-likeness (QED) is 0.142. The van der Waals surface area contributed by atoms with Crippen molar-refractivity contribution >= 4 is 35.5 Å². The first kappa shape index (κ1) is 35.4. The van der Waals surface area contributed by atoms with Crippen molar-refractivity contribution in [1.82, 2.24) is 0 Å². The predicted octanol–water partition coefficient (Wildman–Crippen LogP) is 1.32. The summed E-state index contributed by atoms with van der Waals surface area (Å²) in [6.07, 6.45) is -7.90. The maximum absolute atomic E-state index is 13.4. The number of esters is 4. The first-order valence-corrected chi connectivity index (χ1v) is 17.8. The number of hydrogen-bond acceptors (Lipinski definition) is 13. The highest BCUT2D eigenvalue weighted by atomic mass is 35.5. The van der Waals surface area contributed by atoms with Crippen molar-refractivity contribution in [3.63, 3.8) is 0 Å². The molecule has 13 nitrogen and oxygen atoms in total. The van der Waals surface area contributed by atoms with Gasteiger partial charge < -0.3 is 44.1 Å². The van der Waals surface area contributed by atoms with Crippen molar-refractivity contribution in [2.45, 2.75) is 128 Å². The number of epoxide rings is 1. The third kappa shape index (κ3) is 3.95. The minimum absolute atomic E-state index is 0.238.